The summed E-state index contributed by atoms with van der Waals surface area (Å²) in [5.41, 5.74) is -0.178. The minimum absolute atomic E-state index is 0.0708. The van der Waals surface area contributed by atoms with Crippen LogP contribution in [0.2, 0.25) is 0 Å². The van der Waals surface area contributed by atoms with Gasteiger partial charge in [0.05, 0.1) is 5.60 Å². The summed E-state index contributed by atoms with van der Waals surface area (Å²) in [5, 5.41) is 19.8. The van der Waals surface area contributed by atoms with E-state index < -0.39 is 11.7 Å². The van der Waals surface area contributed by atoms with E-state index >= 15 is 0 Å². The maximum absolute atomic E-state index is 11.0. The SMILES string of the molecule is CC(O)(c1ccc(Br)cc1)C1CCCN(C(=O)O)C1. The van der Waals surface area contributed by atoms with Gasteiger partial charge in [-0.2, -0.15) is 0 Å². The highest BCUT2D eigenvalue weighted by Crippen LogP contribution is 2.35. The van der Waals surface area contributed by atoms with Crippen LogP contribution in [0.5, 0.6) is 0 Å². The van der Waals surface area contributed by atoms with Crippen molar-refractivity contribution in [2.45, 2.75) is 25.4 Å². The predicted octanol–water partition coefficient (Wildman–Crippen LogP) is 3.05. The lowest BCUT2D eigenvalue weighted by molar-refractivity contribution is -0.0343. The Morgan fingerprint density at radius 2 is 2.05 bits per heavy atom. The molecule has 1 aromatic rings. The van der Waals surface area contributed by atoms with Gasteiger partial charge in [-0.3, -0.25) is 0 Å². The molecule has 0 saturated carbocycles. The molecule has 5 heteroatoms. The molecule has 1 aliphatic rings. The molecule has 2 unspecified atom stereocenters. The summed E-state index contributed by atoms with van der Waals surface area (Å²) in [7, 11) is 0. The second kappa shape index (κ2) is 5.51. The predicted molar refractivity (Wildman–Crippen MR) is 76.0 cm³/mol. The fourth-order valence-electron chi connectivity index (χ4n) is 2.63. The van der Waals surface area contributed by atoms with Crippen molar-refractivity contribution < 1.29 is 15.0 Å². The molecule has 1 aromatic carbocycles. The Morgan fingerprint density at radius 3 is 2.63 bits per heavy atom. The van der Waals surface area contributed by atoms with Crippen molar-refractivity contribution in [1.82, 2.24) is 4.90 Å². The number of hydrogen-bond donors (Lipinski definition) is 2. The second-order valence-corrected chi connectivity index (χ2v) is 6.14. The van der Waals surface area contributed by atoms with Crippen LogP contribution in [0, 0.1) is 5.92 Å². The number of carboxylic acid groups (broad SMARTS) is 1. The van der Waals surface area contributed by atoms with Crippen molar-refractivity contribution >= 4 is 22.0 Å². The summed E-state index contributed by atoms with van der Waals surface area (Å²) < 4.78 is 0.961. The lowest BCUT2D eigenvalue weighted by Crippen LogP contribution is -2.46. The van der Waals surface area contributed by atoms with Crippen molar-refractivity contribution in [1.29, 1.82) is 0 Å². The number of benzene rings is 1. The molecule has 1 saturated heterocycles. The molecule has 1 amide bonds. The van der Waals surface area contributed by atoms with E-state index in [1.807, 2.05) is 24.3 Å². The number of aliphatic hydroxyl groups is 1. The summed E-state index contributed by atoms with van der Waals surface area (Å²) in [5.74, 6) is -0.0708. The third kappa shape index (κ3) is 3.09. The molecule has 1 fully saturated rings. The average Bonchev–Trinajstić information content (AvgIpc) is 2.39. The normalized spacial score (nSPS) is 22.9. The van der Waals surface area contributed by atoms with E-state index in [-0.39, 0.29) is 5.92 Å². The highest BCUT2D eigenvalue weighted by molar-refractivity contribution is 9.10. The molecule has 104 valence electrons. The van der Waals surface area contributed by atoms with Crippen molar-refractivity contribution in [3.8, 4) is 0 Å². The lowest BCUT2D eigenvalue weighted by atomic mass is 9.78. The van der Waals surface area contributed by atoms with Gasteiger partial charge in [-0.1, -0.05) is 28.1 Å². The topological polar surface area (TPSA) is 60.8 Å². The van der Waals surface area contributed by atoms with Crippen LogP contribution < -0.4 is 0 Å². The van der Waals surface area contributed by atoms with E-state index in [9.17, 15) is 9.90 Å². The molecule has 0 aromatic heterocycles. The molecule has 1 aliphatic heterocycles. The van der Waals surface area contributed by atoms with Gasteiger partial charge in [-0.15, -0.1) is 0 Å². The van der Waals surface area contributed by atoms with Crippen molar-refractivity contribution in [3.63, 3.8) is 0 Å². The number of amides is 1. The number of likely N-dealkylation sites (tertiary alicyclic amines) is 1. The fourth-order valence-corrected chi connectivity index (χ4v) is 2.90. The third-order valence-electron chi connectivity index (χ3n) is 3.92. The summed E-state index contributed by atoms with van der Waals surface area (Å²) in [4.78, 5) is 12.4. The average molecular weight is 328 g/mol. The maximum Gasteiger partial charge on any atom is 0.407 e. The number of halogens is 1. The van der Waals surface area contributed by atoms with Gasteiger partial charge in [0.2, 0.25) is 0 Å². The van der Waals surface area contributed by atoms with E-state index in [4.69, 9.17) is 5.11 Å². The number of carbonyl (C=O) groups is 1. The summed E-state index contributed by atoms with van der Waals surface area (Å²) in [6, 6.07) is 7.54. The number of nitrogens with zero attached hydrogens (tertiary/aromatic N) is 1. The molecule has 2 rings (SSSR count). The van der Waals surface area contributed by atoms with Gasteiger partial charge in [-0.25, -0.2) is 4.79 Å². The van der Waals surface area contributed by atoms with Crippen LogP contribution in [0.4, 0.5) is 4.79 Å². The molecule has 2 atom stereocenters. The summed E-state index contributed by atoms with van der Waals surface area (Å²) in [6.07, 6.45) is 0.729. The van der Waals surface area contributed by atoms with Crippen LogP contribution in [-0.4, -0.2) is 34.3 Å². The lowest BCUT2D eigenvalue weighted by Gasteiger charge is -2.39. The molecule has 19 heavy (non-hydrogen) atoms. The zero-order valence-electron chi connectivity index (χ0n) is 10.8. The van der Waals surface area contributed by atoms with E-state index in [1.165, 1.54) is 4.90 Å². The van der Waals surface area contributed by atoms with Crippen molar-refractivity contribution in [3.05, 3.63) is 34.3 Å². The van der Waals surface area contributed by atoms with E-state index in [2.05, 4.69) is 15.9 Å². The number of piperidine rings is 1. The van der Waals surface area contributed by atoms with E-state index in [0.717, 1.165) is 22.9 Å². The molecular formula is C14H18BrNO3. The van der Waals surface area contributed by atoms with Gasteiger partial charge in [0, 0.05) is 23.5 Å². The maximum atomic E-state index is 11.0. The second-order valence-electron chi connectivity index (χ2n) is 5.22. The first kappa shape index (κ1) is 14.3. The zero-order chi connectivity index (χ0) is 14.0. The molecule has 0 radical (unpaired) electrons. The molecular weight excluding hydrogens is 310 g/mol. The van der Waals surface area contributed by atoms with Crippen LogP contribution >= 0.6 is 15.9 Å². The van der Waals surface area contributed by atoms with Gasteiger partial charge in [0.25, 0.3) is 0 Å². The van der Waals surface area contributed by atoms with Crippen molar-refractivity contribution in [2.75, 3.05) is 13.1 Å². The monoisotopic (exact) mass is 327 g/mol. The Morgan fingerprint density at radius 1 is 1.42 bits per heavy atom. The van der Waals surface area contributed by atoms with Gasteiger partial charge in [0.1, 0.15) is 0 Å². The van der Waals surface area contributed by atoms with Crippen LogP contribution in [0.1, 0.15) is 25.3 Å². The Labute approximate surface area is 121 Å². The number of hydrogen-bond acceptors (Lipinski definition) is 2. The zero-order valence-corrected chi connectivity index (χ0v) is 12.4. The minimum Gasteiger partial charge on any atom is -0.465 e. The largest absolute Gasteiger partial charge is 0.465 e. The fraction of sp³-hybridized carbons (Fsp3) is 0.500. The first-order valence-electron chi connectivity index (χ1n) is 6.37. The molecule has 4 nitrogen and oxygen atoms in total. The van der Waals surface area contributed by atoms with Crippen LogP contribution in [0.25, 0.3) is 0 Å². The van der Waals surface area contributed by atoms with Gasteiger partial charge in [0.15, 0.2) is 0 Å². The first-order chi connectivity index (χ1) is 8.91. The van der Waals surface area contributed by atoms with Gasteiger partial charge >= 0.3 is 6.09 Å². The Hall–Kier alpha value is -1.07. The van der Waals surface area contributed by atoms with Crippen LogP contribution in [-0.2, 0) is 5.60 Å². The van der Waals surface area contributed by atoms with Crippen LogP contribution in [0.15, 0.2) is 28.7 Å². The van der Waals surface area contributed by atoms with Crippen LogP contribution in [0.3, 0.4) is 0 Å². The van der Waals surface area contributed by atoms with E-state index in [1.54, 1.807) is 6.92 Å². The first-order valence-corrected chi connectivity index (χ1v) is 7.17. The van der Waals surface area contributed by atoms with Crippen molar-refractivity contribution in [2.24, 2.45) is 5.92 Å². The summed E-state index contributed by atoms with van der Waals surface area (Å²) in [6.45, 7) is 2.72. The van der Waals surface area contributed by atoms with E-state index in [0.29, 0.717) is 13.1 Å². The molecule has 0 aliphatic carbocycles. The molecule has 1 heterocycles. The molecule has 0 spiro atoms. The Balaban J connectivity index is 2.18. The smallest absolute Gasteiger partial charge is 0.407 e. The highest BCUT2D eigenvalue weighted by Gasteiger charge is 2.37. The molecule has 0 bridgehead atoms. The standard InChI is InChI=1S/C14H18BrNO3/c1-14(19,10-4-6-12(15)7-5-10)11-3-2-8-16(9-11)13(17)18/h4-7,11,19H,2-3,8-9H2,1H3,(H,17,18). The van der Waals surface area contributed by atoms with Gasteiger partial charge < -0.3 is 15.1 Å². The van der Waals surface area contributed by atoms with Gasteiger partial charge in [-0.05, 0) is 37.5 Å². The summed E-state index contributed by atoms with van der Waals surface area (Å²) >= 11 is 3.37. The number of rotatable bonds is 2. The Kier molecular flexibility index (Phi) is 4.16. The third-order valence-corrected chi connectivity index (χ3v) is 4.44. The highest BCUT2D eigenvalue weighted by atomic mass is 79.9. The minimum atomic E-state index is -1.01. The quantitative estimate of drug-likeness (QED) is 0.877. The molecule has 2 N–H and O–H groups in total. The Bertz CT molecular complexity index is 458.